The van der Waals surface area contributed by atoms with Gasteiger partial charge in [0.1, 0.15) is 11.8 Å². The fourth-order valence-electron chi connectivity index (χ4n) is 2.15. The number of hydrogen-bond acceptors (Lipinski definition) is 3. The summed E-state index contributed by atoms with van der Waals surface area (Å²) in [5.41, 5.74) is 1.47. The van der Waals surface area contributed by atoms with Crippen molar-refractivity contribution < 1.29 is 19.8 Å². The third kappa shape index (κ3) is 4.63. The Morgan fingerprint density at radius 2 is 1.68 bits per heavy atom. The lowest BCUT2D eigenvalue weighted by atomic mass is 10.0. The predicted molar refractivity (Wildman–Crippen MR) is 81.5 cm³/mol. The number of phenolic OH excluding ortho intramolecular Hbond substituents is 1. The zero-order chi connectivity index (χ0) is 15.9. The average Bonchev–Trinajstić information content (AvgIpc) is 2.47. The smallest absolute Gasteiger partial charge is 0.326 e. The number of carboxylic acid groups (broad SMARTS) is 1. The van der Waals surface area contributed by atoms with Crippen molar-refractivity contribution >= 4 is 11.9 Å². The standard InChI is InChI=1S/C17H17NO4/c19-14-8-4-7-13(9-14)10-15(17(21)22)18-16(20)11-12-5-2-1-3-6-12/h1-9,15,19H,10-11H2,(H,18,20)(H,21,22)/t15-/m0/s1. The van der Waals surface area contributed by atoms with Gasteiger partial charge in [-0.1, -0.05) is 42.5 Å². The number of benzene rings is 2. The first kappa shape index (κ1) is 15.6. The lowest BCUT2D eigenvalue weighted by Crippen LogP contribution is -2.43. The molecule has 1 atom stereocenters. The second kappa shape index (κ2) is 7.26. The summed E-state index contributed by atoms with van der Waals surface area (Å²) in [6.07, 6.45) is 0.245. The van der Waals surface area contributed by atoms with Crippen LogP contribution in [0.15, 0.2) is 54.6 Å². The van der Waals surface area contributed by atoms with Crippen LogP contribution < -0.4 is 5.32 Å². The molecule has 5 nitrogen and oxygen atoms in total. The van der Waals surface area contributed by atoms with Crippen LogP contribution in [0.25, 0.3) is 0 Å². The molecule has 1 amide bonds. The number of aliphatic carboxylic acids is 1. The molecule has 2 rings (SSSR count). The third-order valence-corrected chi connectivity index (χ3v) is 3.19. The molecule has 0 aliphatic heterocycles. The monoisotopic (exact) mass is 299 g/mol. The van der Waals surface area contributed by atoms with Gasteiger partial charge in [-0.15, -0.1) is 0 Å². The minimum atomic E-state index is -1.11. The van der Waals surface area contributed by atoms with Gasteiger partial charge in [0.25, 0.3) is 0 Å². The maximum atomic E-state index is 12.0. The number of carbonyl (C=O) groups excluding carboxylic acids is 1. The second-order valence-corrected chi connectivity index (χ2v) is 4.99. The zero-order valence-electron chi connectivity index (χ0n) is 11.9. The molecular formula is C17H17NO4. The van der Waals surface area contributed by atoms with Gasteiger partial charge in [0, 0.05) is 6.42 Å². The molecule has 2 aromatic rings. The highest BCUT2D eigenvalue weighted by Gasteiger charge is 2.20. The van der Waals surface area contributed by atoms with Crippen molar-refractivity contribution in [3.05, 3.63) is 65.7 Å². The van der Waals surface area contributed by atoms with Gasteiger partial charge in [-0.25, -0.2) is 4.79 Å². The minimum Gasteiger partial charge on any atom is -0.508 e. The fraction of sp³-hybridized carbons (Fsp3) is 0.176. The molecule has 0 radical (unpaired) electrons. The number of hydrogen-bond donors (Lipinski definition) is 3. The second-order valence-electron chi connectivity index (χ2n) is 4.99. The number of aromatic hydroxyl groups is 1. The van der Waals surface area contributed by atoms with Crippen LogP contribution in [0.5, 0.6) is 5.75 Å². The van der Waals surface area contributed by atoms with Crippen molar-refractivity contribution in [2.75, 3.05) is 0 Å². The summed E-state index contributed by atoms with van der Waals surface area (Å²) in [7, 11) is 0. The first-order chi connectivity index (χ1) is 10.5. The van der Waals surface area contributed by atoms with Crippen LogP contribution in [-0.4, -0.2) is 28.1 Å². The first-order valence-electron chi connectivity index (χ1n) is 6.88. The van der Waals surface area contributed by atoms with Crippen LogP contribution in [0.4, 0.5) is 0 Å². The molecule has 0 saturated carbocycles. The van der Waals surface area contributed by atoms with Gasteiger partial charge in [-0.05, 0) is 23.3 Å². The number of carboxylic acids is 1. The van der Waals surface area contributed by atoms with Crippen molar-refractivity contribution in [2.45, 2.75) is 18.9 Å². The lowest BCUT2D eigenvalue weighted by molar-refractivity contribution is -0.141. The van der Waals surface area contributed by atoms with E-state index in [2.05, 4.69) is 5.32 Å². The molecule has 5 heteroatoms. The maximum absolute atomic E-state index is 12.0. The van der Waals surface area contributed by atoms with Gasteiger partial charge in [0.05, 0.1) is 6.42 Å². The normalized spacial score (nSPS) is 11.6. The van der Waals surface area contributed by atoms with Crippen LogP contribution >= 0.6 is 0 Å². The highest BCUT2D eigenvalue weighted by atomic mass is 16.4. The van der Waals surface area contributed by atoms with Gasteiger partial charge >= 0.3 is 5.97 Å². The molecule has 0 aliphatic carbocycles. The van der Waals surface area contributed by atoms with E-state index in [1.165, 1.54) is 12.1 Å². The van der Waals surface area contributed by atoms with Crippen LogP contribution in [0, 0.1) is 0 Å². The quantitative estimate of drug-likeness (QED) is 0.758. The SMILES string of the molecule is O=C(Cc1ccccc1)N[C@@H](Cc1cccc(O)c1)C(=O)O. The summed E-state index contributed by atoms with van der Waals surface area (Å²) in [4.78, 5) is 23.3. The Bertz CT molecular complexity index is 655. The molecular weight excluding hydrogens is 282 g/mol. The predicted octanol–water partition coefficient (Wildman–Crippen LogP) is 1.75. The van der Waals surface area contributed by atoms with E-state index in [9.17, 15) is 19.8 Å². The molecule has 0 heterocycles. The van der Waals surface area contributed by atoms with E-state index in [1.54, 1.807) is 12.1 Å². The number of carbonyl (C=O) groups is 2. The van der Waals surface area contributed by atoms with Crippen molar-refractivity contribution in [2.24, 2.45) is 0 Å². The molecule has 0 fully saturated rings. The molecule has 3 N–H and O–H groups in total. The zero-order valence-corrected chi connectivity index (χ0v) is 11.9. The van der Waals surface area contributed by atoms with E-state index >= 15 is 0 Å². The van der Waals surface area contributed by atoms with Gasteiger partial charge in [-0.2, -0.15) is 0 Å². The van der Waals surface area contributed by atoms with Crippen molar-refractivity contribution in [3.8, 4) is 5.75 Å². The Morgan fingerprint density at radius 1 is 1.00 bits per heavy atom. The fourth-order valence-corrected chi connectivity index (χ4v) is 2.15. The molecule has 0 aromatic heterocycles. The summed E-state index contributed by atoms with van der Waals surface area (Å²) in [5, 5.41) is 21.2. The van der Waals surface area contributed by atoms with E-state index in [1.807, 2.05) is 30.3 Å². The molecule has 22 heavy (non-hydrogen) atoms. The topological polar surface area (TPSA) is 86.6 Å². The van der Waals surface area contributed by atoms with Crippen molar-refractivity contribution in [1.82, 2.24) is 5.32 Å². The largest absolute Gasteiger partial charge is 0.508 e. The minimum absolute atomic E-state index is 0.0669. The summed E-state index contributed by atoms with van der Waals surface area (Å²) < 4.78 is 0. The number of amides is 1. The Labute approximate surface area is 128 Å². The van der Waals surface area contributed by atoms with Crippen LogP contribution in [-0.2, 0) is 22.4 Å². The highest BCUT2D eigenvalue weighted by Crippen LogP contribution is 2.13. The molecule has 2 aromatic carbocycles. The maximum Gasteiger partial charge on any atom is 0.326 e. The summed E-state index contributed by atoms with van der Waals surface area (Å²) in [6.45, 7) is 0. The van der Waals surface area contributed by atoms with E-state index in [4.69, 9.17) is 0 Å². The first-order valence-corrected chi connectivity index (χ1v) is 6.88. The summed E-state index contributed by atoms with van der Waals surface area (Å²) in [6, 6.07) is 14.4. The number of phenols is 1. The average molecular weight is 299 g/mol. The van der Waals surface area contributed by atoms with Crippen LogP contribution in [0.1, 0.15) is 11.1 Å². The lowest BCUT2D eigenvalue weighted by Gasteiger charge is -2.15. The van der Waals surface area contributed by atoms with Gasteiger partial charge < -0.3 is 15.5 Å². The van der Waals surface area contributed by atoms with Gasteiger partial charge in [0.15, 0.2) is 0 Å². The van der Waals surface area contributed by atoms with E-state index in [0.717, 1.165) is 5.56 Å². The molecule has 0 aliphatic rings. The Kier molecular flexibility index (Phi) is 5.14. The highest BCUT2D eigenvalue weighted by molar-refractivity contribution is 5.85. The number of rotatable bonds is 6. The summed E-state index contributed by atoms with van der Waals surface area (Å²) >= 11 is 0. The van der Waals surface area contributed by atoms with Gasteiger partial charge in [0.2, 0.25) is 5.91 Å². The molecule has 0 unspecified atom stereocenters. The number of nitrogens with one attached hydrogen (secondary N) is 1. The Morgan fingerprint density at radius 3 is 2.32 bits per heavy atom. The van der Waals surface area contributed by atoms with Crippen LogP contribution in [0.2, 0.25) is 0 Å². The van der Waals surface area contributed by atoms with Gasteiger partial charge in [-0.3, -0.25) is 4.79 Å². The van der Waals surface area contributed by atoms with Crippen molar-refractivity contribution in [3.63, 3.8) is 0 Å². The third-order valence-electron chi connectivity index (χ3n) is 3.19. The van der Waals surface area contributed by atoms with E-state index in [-0.39, 0.29) is 24.5 Å². The Balaban J connectivity index is 1.99. The van der Waals surface area contributed by atoms with E-state index in [0.29, 0.717) is 5.56 Å². The van der Waals surface area contributed by atoms with E-state index < -0.39 is 12.0 Å². The van der Waals surface area contributed by atoms with Crippen molar-refractivity contribution in [1.29, 1.82) is 0 Å². The molecule has 0 saturated heterocycles. The van der Waals surface area contributed by atoms with Crippen LogP contribution in [0.3, 0.4) is 0 Å². The summed E-state index contributed by atoms with van der Waals surface area (Å²) in [5.74, 6) is -1.39. The molecule has 0 spiro atoms. The molecule has 0 bridgehead atoms. The molecule has 114 valence electrons. The Hall–Kier alpha value is -2.82.